The highest BCUT2D eigenvalue weighted by Gasteiger charge is 2.29. The minimum absolute atomic E-state index is 0.154. The van der Waals surface area contributed by atoms with Gasteiger partial charge < -0.3 is 15.1 Å². The maximum absolute atomic E-state index is 14.1. The lowest BCUT2D eigenvalue weighted by Gasteiger charge is -2.36. The van der Waals surface area contributed by atoms with Gasteiger partial charge in [0.2, 0.25) is 11.6 Å². The number of piperazine rings is 1. The average molecular weight is 443 g/mol. The normalized spacial score (nSPS) is 13.9. The zero-order valence-corrected chi connectivity index (χ0v) is 17.3. The Morgan fingerprint density at radius 1 is 1.03 bits per heavy atom. The number of benzene rings is 2. The predicted molar refractivity (Wildman–Crippen MR) is 118 cm³/mol. The summed E-state index contributed by atoms with van der Waals surface area (Å²) in [7, 11) is 0. The molecule has 1 N–H and O–H groups in total. The number of hydrogen-bond donors (Lipinski definition) is 1. The predicted octanol–water partition coefficient (Wildman–Crippen LogP) is 4.12. The fraction of sp³-hybridized carbons (Fsp3) is 0.238. The number of hydrogen-bond acceptors (Lipinski definition) is 7. The van der Waals surface area contributed by atoms with Crippen LogP contribution >= 0.6 is 11.6 Å². The van der Waals surface area contributed by atoms with Crippen LogP contribution in [0.1, 0.15) is 5.56 Å². The molecule has 1 aliphatic rings. The molecule has 0 saturated carbocycles. The first-order valence-corrected chi connectivity index (χ1v) is 10.1. The summed E-state index contributed by atoms with van der Waals surface area (Å²) in [5.41, 5.74) is 1.28. The van der Waals surface area contributed by atoms with Gasteiger partial charge in [0.25, 0.3) is 0 Å². The number of halogens is 2. The second kappa shape index (κ2) is 9.13. The van der Waals surface area contributed by atoms with Crippen LogP contribution in [0.5, 0.6) is 0 Å². The van der Waals surface area contributed by atoms with Gasteiger partial charge in [0, 0.05) is 37.7 Å². The summed E-state index contributed by atoms with van der Waals surface area (Å²) in [6.07, 6.45) is 1.32. The van der Waals surface area contributed by atoms with E-state index in [9.17, 15) is 14.5 Å². The van der Waals surface area contributed by atoms with Gasteiger partial charge in [-0.2, -0.15) is 0 Å². The first kappa shape index (κ1) is 20.8. The molecule has 0 aliphatic carbocycles. The van der Waals surface area contributed by atoms with E-state index < -0.39 is 4.92 Å². The molecule has 160 valence electrons. The molecular weight excluding hydrogens is 423 g/mol. The van der Waals surface area contributed by atoms with Crippen LogP contribution in [0.15, 0.2) is 54.9 Å². The first-order valence-electron chi connectivity index (χ1n) is 9.75. The minimum Gasteiger partial charge on any atom is -0.366 e. The van der Waals surface area contributed by atoms with Crippen LogP contribution in [-0.4, -0.2) is 41.1 Å². The quantitative estimate of drug-likeness (QED) is 0.454. The van der Waals surface area contributed by atoms with Crippen molar-refractivity contribution in [3.63, 3.8) is 0 Å². The number of nitro groups is 1. The van der Waals surface area contributed by atoms with Gasteiger partial charge in [0.05, 0.1) is 10.6 Å². The molecule has 2 aromatic carbocycles. The maximum atomic E-state index is 14.1. The van der Waals surface area contributed by atoms with Crippen molar-refractivity contribution in [3.05, 3.63) is 81.4 Å². The monoisotopic (exact) mass is 442 g/mol. The summed E-state index contributed by atoms with van der Waals surface area (Å²) < 4.78 is 14.1. The van der Waals surface area contributed by atoms with Gasteiger partial charge in [-0.25, -0.2) is 14.4 Å². The molecule has 0 bridgehead atoms. The third kappa shape index (κ3) is 4.66. The van der Waals surface area contributed by atoms with E-state index in [4.69, 9.17) is 11.6 Å². The van der Waals surface area contributed by atoms with Crippen molar-refractivity contribution in [2.75, 3.05) is 41.3 Å². The van der Waals surface area contributed by atoms with Crippen LogP contribution in [0.4, 0.5) is 27.4 Å². The van der Waals surface area contributed by atoms with E-state index in [-0.39, 0.29) is 23.1 Å². The van der Waals surface area contributed by atoms with Gasteiger partial charge in [-0.1, -0.05) is 35.9 Å². The molecule has 31 heavy (non-hydrogen) atoms. The lowest BCUT2D eigenvalue weighted by Crippen LogP contribution is -2.47. The molecular formula is C21H20ClFN6O2. The fourth-order valence-corrected chi connectivity index (χ4v) is 3.68. The largest absolute Gasteiger partial charge is 0.366 e. The standard InChI is InChI=1S/C21H20ClFN6O2/c22-16-7-5-15(6-8-16)13-24-20-19(29(30)31)21(26-14-25-20)28-11-9-27(10-12-28)18-4-2-1-3-17(18)23/h1-8,14H,9-13H2,(H,24,25,26). The van der Waals surface area contributed by atoms with Crippen molar-refractivity contribution in [2.24, 2.45) is 0 Å². The lowest BCUT2D eigenvalue weighted by atomic mass is 10.2. The topological polar surface area (TPSA) is 87.4 Å². The summed E-state index contributed by atoms with van der Waals surface area (Å²) in [6.45, 7) is 2.35. The molecule has 1 fully saturated rings. The molecule has 10 heteroatoms. The Hall–Kier alpha value is -3.46. The van der Waals surface area contributed by atoms with E-state index in [2.05, 4.69) is 15.3 Å². The Morgan fingerprint density at radius 3 is 2.39 bits per heavy atom. The third-order valence-electron chi connectivity index (χ3n) is 5.13. The molecule has 3 aromatic rings. The van der Waals surface area contributed by atoms with Crippen LogP contribution in [0, 0.1) is 15.9 Å². The summed E-state index contributed by atoms with van der Waals surface area (Å²) in [4.78, 5) is 23.4. The van der Waals surface area contributed by atoms with Crippen LogP contribution in [0.25, 0.3) is 0 Å². The van der Waals surface area contributed by atoms with Gasteiger partial charge in [-0.05, 0) is 29.8 Å². The zero-order chi connectivity index (χ0) is 21.8. The molecule has 0 amide bonds. The Labute approximate surface area is 183 Å². The summed E-state index contributed by atoms with van der Waals surface area (Å²) >= 11 is 5.90. The Kier molecular flexibility index (Phi) is 6.13. The van der Waals surface area contributed by atoms with Gasteiger partial charge >= 0.3 is 5.69 Å². The SMILES string of the molecule is O=[N+]([O-])c1c(NCc2ccc(Cl)cc2)ncnc1N1CCN(c2ccccc2F)CC1. The molecule has 0 radical (unpaired) electrons. The Morgan fingerprint density at radius 2 is 1.71 bits per heavy atom. The van der Waals surface area contributed by atoms with E-state index in [1.807, 2.05) is 21.9 Å². The number of anilines is 3. The van der Waals surface area contributed by atoms with E-state index >= 15 is 0 Å². The molecule has 1 aromatic heterocycles. The molecule has 0 atom stereocenters. The van der Waals surface area contributed by atoms with Gasteiger partial charge in [0.15, 0.2) is 0 Å². The first-order chi connectivity index (χ1) is 15.0. The van der Waals surface area contributed by atoms with Crippen LogP contribution in [0.2, 0.25) is 5.02 Å². The number of aromatic nitrogens is 2. The van der Waals surface area contributed by atoms with Crippen LogP contribution < -0.4 is 15.1 Å². The zero-order valence-electron chi connectivity index (χ0n) is 16.5. The van der Waals surface area contributed by atoms with Crippen molar-refractivity contribution in [1.82, 2.24) is 9.97 Å². The molecule has 1 aliphatic heterocycles. The van der Waals surface area contributed by atoms with Gasteiger partial charge in [-0.15, -0.1) is 0 Å². The molecule has 1 saturated heterocycles. The number of nitrogens with one attached hydrogen (secondary N) is 1. The van der Waals surface area contributed by atoms with E-state index in [0.717, 1.165) is 5.56 Å². The summed E-state index contributed by atoms with van der Waals surface area (Å²) in [5, 5.41) is 15.5. The third-order valence-corrected chi connectivity index (χ3v) is 5.38. The maximum Gasteiger partial charge on any atom is 0.353 e. The Bertz CT molecular complexity index is 1070. The van der Waals surface area contributed by atoms with E-state index in [0.29, 0.717) is 43.4 Å². The molecule has 4 rings (SSSR count). The van der Waals surface area contributed by atoms with Gasteiger partial charge in [0.1, 0.15) is 12.1 Å². The fourth-order valence-electron chi connectivity index (χ4n) is 3.55. The average Bonchev–Trinajstić information content (AvgIpc) is 2.79. The van der Waals surface area contributed by atoms with E-state index in [1.54, 1.807) is 30.3 Å². The number of nitrogens with zero attached hydrogens (tertiary/aromatic N) is 5. The molecule has 0 spiro atoms. The highest BCUT2D eigenvalue weighted by Crippen LogP contribution is 2.33. The van der Waals surface area contributed by atoms with Crippen LogP contribution in [-0.2, 0) is 6.54 Å². The van der Waals surface area contributed by atoms with Crippen molar-refractivity contribution >= 4 is 34.6 Å². The smallest absolute Gasteiger partial charge is 0.353 e. The number of rotatable bonds is 6. The van der Waals surface area contributed by atoms with Crippen molar-refractivity contribution in [2.45, 2.75) is 6.54 Å². The van der Waals surface area contributed by atoms with Gasteiger partial charge in [-0.3, -0.25) is 10.1 Å². The Balaban J connectivity index is 1.51. The van der Waals surface area contributed by atoms with Crippen molar-refractivity contribution < 1.29 is 9.31 Å². The second-order valence-corrected chi connectivity index (χ2v) is 7.49. The highest BCUT2D eigenvalue weighted by molar-refractivity contribution is 6.30. The molecule has 2 heterocycles. The van der Waals surface area contributed by atoms with Crippen molar-refractivity contribution in [3.8, 4) is 0 Å². The molecule has 8 nitrogen and oxygen atoms in total. The minimum atomic E-state index is -0.469. The summed E-state index contributed by atoms with van der Waals surface area (Å²) in [6, 6.07) is 13.8. The highest BCUT2D eigenvalue weighted by atomic mass is 35.5. The molecule has 0 unspecified atom stereocenters. The summed E-state index contributed by atoms with van der Waals surface area (Å²) in [5.74, 6) is 0.130. The van der Waals surface area contributed by atoms with E-state index in [1.165, 1.54) is 12.4 Å². The lowest BCUT2D eigenvalue weighted by molar-refractivity contribution is -0.383. The second-order valence-electron chi connectivity index (χ2n) is 7.06. The number of para-hydroxylation sites is 1. The van der Waals surface area contributed by atoms with Crippen molar-refractivity contribution in [1.29, 1.82) is 0 Å². The van der Waals surface area contributed by atoms with Crippen LogP contribution in [0.3, 0.4) is 0 Å².